The molecule has 0 bridgehead atoms. The summed E-state index contributed by atoms with van der Waals surface area (Å²) in [4.78, 5) is 9.58. The number of nitriles is 1. The van der Waals surface area contributed by atoms with Gasteiger partial charge in [0.25, 0.3) is 0 Å². The summed E-state index contributed by atoms with van der Waals surface area (Å²) in [6.07, 6.45) is 4.49. The lowest BCUT2D eigenvalue weighted by atomic mass is 10.0. The van der Waals surface area contributed by atoms with E-state index in [1.165, 1.54) is 4.90 Å². The van der Waals surface area contributed by atoms with Gasteiger partial charge >= 0.3 is 0 Å². The van der Waals surface area contributed by atoms with Crippen LogP contribution in [0.15, 0.2) is 29.4 Å². The first-order valence-electron chi connectivity index (χ1n) is 5.46. The Labute approximate surface area is 102 Å². The fourth-order valence-corrected chi connectivity index (χ4v) is 1.24. The van der Waals surface area contributed by atoms with E-state index in [4.69, 9.17) is 11.0 Å². The van der Waals surface area contributed by atoms with E-state index in [2.05, 4.69) is 16.2 Å². The highest BCUT2D eigenvalue weighted by Gasteiger charge is 2.26. The third-order valence-corrected chi connectivity index (χ3v) is 2.68. The Bertz CT molecular complexity index is 430. The van der Waals surface area contributed by atoms with Crippen molar-refractivity contribution >= 4 is 11.8 Å². The van der Waals surface area contributed by atoms with Crippen LogP contribution in [-0.4, -0.2) is 21.4 Å². The van der Waals surface area contributed by atoms with Crippen LogP contribution in [0, 0.1) is 11.5 Å². The largest absolute Gasteiger partial charge is 0.369 e. The van der Waals surface area contributed by atoms with Crippen molar-refractivity contribution in [1.82, 2.24) is 9.88 Å². The van der Waals surface area contributed by atoms with Gasteiger partial charge in [-0.25, -0.2) is 9.88 Å². The molecule has 0 amide bonds. The molecule has 0 radical (unpaired) electrons. The third-order valence-electron chi connectivity index (χ3n) is 2.68. The topological polar surface area (TPSA) is 78.3 Å². The number of nitrogens with zero attached hydrogens (tertiary/aromatic N) is 4. The SMILES string of the molecule is CCC(C)(C)N(C#N)/C(N)=N\c1ccccn1. The Morgan fingerprint density at radius 3 is 2.76 bits per heavy atom. The van der Waals surface area contributed by atoms with Crippen LogP contribution < -0.4 is 5.73 Å². The predicted molar refractivity (Wildman–Crippen MR) is 67.3 cm³/mol. The van der Waals surface area contributed by atoms with E-state index in [-0.39, 0.29) is 11.5 Å². The standard InChI is InChI=1S/C12H17N5/c1-4-12(2,3)17(9-13)11(14)16-10-7-5-6-8-15-10/h5-8H,4H2,1-3H3,(H2,14,15,16). The number of hydrogen-bond donors (Lipinski definition) is 1. The van der Waals surface area contributed by atoms with E-state index in [0.717, 1.165) is 6.42 Å². The summed E-state index contributed by atoms with van der Waals surface area (Å²) in [6, 6.07) is 5.36. The molecular formula is C12H17N5. The fraction of sp³-hybridized carbons (Fsp3) is 0.417. The van der Waals surface area contributed by atoms with Crippen LogP contribution in [0.2, 0.25) is 0 Å². The molecule has 1 aromatic rings. The highest BCUT2D eigenvalue weighted by atomic mass is 15.3. The number of pyridine rings is 1. The van der Waals surface area contributed by atoms with Gasteiger partial charge in [0.15, 0.2) is 12.0 Å². The molecule has 0 unspecified atom stereocenters. The van der Waals surface area contributed by atoms with E-state index in [0.29, 0.717) is 5.82 Å². The molecule has 2 N–H and O–H groups in total. The number of aliphatic imine (C=N–C) groups is 1. The zero-order chi connectivity index (χ0) is 12.9. The minimum absolute atomic E-state index is 0.165. The van der Waals surface area contributed by atoms with E-state index < -0.39 is 0 Å². The Hall–Kier alpha value is -2.09. The van der Waals surface area contributed by atoms with Gasteiger partial charge in [-0.3, -0.25) is 0 Å². The first-order valence-corrected chi connectivity index (χ1v) is 5.46. The molecule has 17 heavy (non-hydrogen) atoms. The van der Waals surface area contributed by atoms with Gasteiger partial charge < -0.3 is 5.73 Å². The smallest absolute Gasteiger partial charge is 0.211 e. The zero-order valence-corrected chi connectivity index (χ0v) is 10.4. The molecule has 0 aliphatic rings. The van der Waals surface area contributed by atoms with Gasteiger partial charge in [-0.1, -0.05) is 13.0 Å². The normalized spacial score (nSPS) is 12.0. The maximum absolute atomic E-state index is 9.14. The summed E-state index contributed by atoms with van der Waals surface area (Å²) in [5.41, 5.74) is 5.49. The van der Waals surface area contributed by atoms with Crippen molar-refractivity contribution in [3.8, 4) is 6.19 Å². The first-order chi connectivity index (χ1) is 8.01. The molecule has 1 aromatic heterocycles. The molecular weight excluding hydrogens is 214 g/mol. The van der Waals surface area contributed by atoms with E-state index in [1.54, 1.807) is 18.3 Å². The Balaban J connectivity index is 3.00. The first kappa shape index (κ1) is 13.0. The maximum Gasteiger partial charge on any atom is 0.211 e. The van der Waals surface area contributed by atoms with Gasteiger partial charge in [0.05, 0.1) is 5.54 Å². The number of hydrogen-bond acceptors (Lipinski definition) is 3. The van der Waals surface area contributed by atoms with Crippen LogP contribution in [-0.2, 0) is 0 Å². The highest BCUT2D eigenvalue weighted by Crippen LogP contribution is 2.18. The lowest BCUT2D eigenvalue weighted by molar-refractivity contribution is 0.280. The molecule has 0 fully saturated rings. The lowest BCUT2D eigenvalue weighted by Crippen LogP contribution is -2.47. The van der Waals surface area contributed by atoms with Crippen molar-refractivity contribution < 1.29 is 0 Å². The summed E-state index contributed by atoms with van der Waals surface area (Å²) in [5, 5.41) is 9.14. The second-order valence-electron chi connectivity index (χ2n) is 4.26. The summed E-state index contributed by atoms with van der Waals surface area (Å²) in [7, 11) is 0. The van der Waals surface area contributed by atoms with Crippen molar-refractivity contribution in [1.29, 1.82) is 5.26 Å². The molecule has 0 saturated heterocycles. The molecule has 1 heterocycles. The second-order valence-corrected chi connectivity index (χ2v) is 4.26. The van der Waals surface area contributed by atoms with Crippen LogP contribution in [0.5, 0.6) is 0 Å². The summed E-state index contributed by atoms with van der Waals surface area (Å²) in [6.45, 7) is 5.88. The fourth-order valence-electron chi connectivity index (χ4n) is 1.24. The Morgan fingerprint density at radius 1 is 1.59 bits per heavy atom. The van der Waals surface area contributed by atoms with Crippen LogP contribution in [0.4, 0.5) is 5.82 Å². The number of aromatic nitrogens is 1. The van der Waals surface area contributed by atoms with Gasteiger partial charge in [0, 0.05) is 6.20 Å². The van der Waals surface area contributed by atoms with Gasteiger partial charge in [-0.15, -0.1) is 0 Å². The van der Waals surface area contributed by atoms with Gasteiger partial charge in [-0.2, -0.15) is 10.3 Å². The minimum Gasteiger partial charge on any atom is -0.369 e. The molecule has 0 atom stereocenters. The number of guanidine groups is 1. The maximum atomic E-state index is 9.14. The van der Waals surface area contributed by atoms with Crippen LogP contribution in [0.25, 0.3) is 0 Å². The average Bonchev–Trinajstić information content (AvgIpc) is 2.30. The van der Waals surface area contributed by atoms with E-state index in [9.17, 15) is 0 Å². The molecule has 0 saturated carbocycles. The minimum atomic E-state index is -0.350. The van der Waals surface area contributed by atoms with Crippen molar-refractivity contribution in [2.24, 2.45) is 10.7 Å². The molecule has 0 aliphatic heterocycles. The number of nitrogens with two attached hydrogens (primary N) is 1. The highest BCUT2D eigenvalue weighted by molar-refractivity contribution is 5.82. The van der Waals surface area contributed by atoms with Gasteiger partial charge in [0.2, 0.25) is 5.96 Å². The predicted octanol–water partition coefficient (Wildman–Crippen LogP) is 2.00. The molecule has 1 rings (SSSR count). The molecule has 5 heteroatoms. The van der Waals surface area contributed by atoms with E-state index >= 15 is 0 Å². The third kappa shape index (κ3) is 3.18. The molecule has 5 nitrogen and oxygen atoms in total. The van der Waals surface area contributed by atoms with Gasteiger partial charge in [0.1, 0.15) is 0 Å². The Morgan fingerprint density at radius 2 is 2.29 bits per heavy atom. The van der Waals surface area contributed by atoms with Crippen molar-refractivity contribution in [2.75, 3.05) is 0 Å². The molecule has 0 spiro atoms. The summed E-state index contributed by atoms with van der Waals surface area (Å²) < 4.78 is 0. The van der Waals surface area contributed by atoms with Crippen molar-refractivity contribution in [2.45, 2.75) is 32.7 Å². The van der Waals surface area contributed by atoms with Crippen molar-refractivity contribution in [3.63, 3.8) is 0 Å². The summed E-state index contributed by atoms with van der Waals surface area (Å²) in [5.74, 6) is 0.662. The Kier molecular flexibility index (Phi) is 4.05. The zero-order valence-electron chi connectivity index (χ0n) is 10.4. The van der Waals surface area contributed by atoms with Gasteiger partial charge in [-0.05, 0) is 32.4 Å². The molecule has 0 aliphatic carbocycles. The van der Waals surface area contributed by atoms with Crippen molar-refractivity contribution in [3.05, 3.63) is 24.4 Å². The molecule has 0 aromatic carbocycles. The lowest BCUT2D eigenvalue weighted by Gasteiger charge is -2.32. The van der Waals surface area contributed by atoms with Crippen LogP contribution in [0.1, 0.15) is 27.2 Å². The summed E-state index contributed by atoms with van der Waals surface area (Å²) >= 11 is 0. The van der Waals surface area contributed by atoms with Crippen LogP contribution >= 0.6 is 0 Å². The molecule has 90 valence electrons. The monoisotopic (exact) mass is 231 g/mol. The average molecular weight is 231 g/mol. The second kappa shape index (κ2) is 5.30. The van der Waals surface area contributed by atoms with E-state index in [1.807, 2.05) is 26.8 Å². The quantitative estimate of drug-likeness (QED) is 0.373. The number of rotatable bonds is 3. The van der Waals surface area contributed by atoms with Crippen LogP contribution in [0.3, 0.4) is 0 Å².